The van der Waals surface area contributed by atoms with Crippen LogP contribution in [0.1, 0.15) is 18.9 Å². The Bertz CT molecular complexity index is 267. The van der Waals surface area contributed by atoms with Gasteiger partial charge in [-0.2, -0.15) is 0 Å². The molecule has 1 aromatic rings. The van der Waals surface area contributed by atoms with E-state index in [1.807, 2.05) is 24.3 Å². The Hall–Kier alpha value is -1.30. The molecule has 0 unspecified atom stereocenters. The molecule has 0 radical (unpaired) electrons. The van der Waals surface area contributed by atoms with Gasteiger partial charge in [-0.1, -0.05) is 48.1 Å². The summed E-state index contributed by atoms with van der Waals surface area (Å²) in [7, 11) is 0. The van der Waals surface area contributed by atoms with Crippen LogP contribution in [0.3, 0.4) is 0 Å². The van der Waals surface area contributed by atoms with Crippen LogP contribution in [-0.2, 0) is 0 Å². The fourth-order valence-electron chi connectivity index (χ4n) is 1.12. The molecule has 1 aromatic carbocycles. The highest BCUT2D eigenvalue weighted by molar-refractivity contribution is 5.52. The Kier molecular flexibility index (Phi) is 3.34. The number of rotatable bonds is 3. The normalized spacial score (nSPS) is 11.2. The Morgan fingerprint density at radius 3 is 2.58 bits per heavy atom. The minimum atomic E-state index is 0.967. The Balaban J connectivity index is 2.74. The van der Waals surface area contributed by atoms with E-state index >= 15 is 0 Å². The van der Waals surface area contributed by atoms with E-state index in [0.717, 1.165) is 6.42 Å². The minimum absolute atomic E-state index is 0.967. The summed E-state index contributed by atoms with van der Waals surface area (Å²) in [5, 5.41) is 0. The molecule has 0 heteroatoms. The number of benzene rings is 1. The van der Waals surface area contributed by atoms with Crippen LogP contribution in [0.25, 0.3) is 6.08 Å². The molecular formula is C12H14. The van der Waals surface area contributed by atoms with Crippen molar-refractivity contribution in [3.8, 4) is 0 Å². The quantitative estimate of drug-likeness (QED) is 0.589. The van der Waals surface area contributed by atoms with Crippen molar-refractivity contribution in [2.45, 2.75) is 13.3 Å². The summed E-state index contributed by atoms with van der Waals surface area (Å²) in [5.41, 5.74) is 2.60. The summed E-state index contributed by atoms with van der Waals surface area (Å²) >= 11 is 0. The summed E-state index contributed by atoms with van der Waals surface area (Å²) in [6.45, 7) is 5.82. The van der Waals surface area contributed by atoms with Crippen molar-refractivity contribution in [1.29, 1.82) is 0 Å². The van der Waals surface area contributed by atoms with E-state index in [0.29, 0.717) is 0 Å². The van der Waals surface area contributed by atoms with Gasteiger partial charge in [0.25, 0.3) is 0 Å². The van der Waals surface area contributed by atoms with Crippen molar-refractivity contribution < 1.29 is 0 Å². The molecule has 0 aliphatic carbocycles. The summed E-state index contributed by atoms with van der Waals surface area (Å²) in [6, 6.07) is 10.3. The van der Waals surface area contributed by atoms with Gasteiger partial charge in [-0.15, -0.1) is 6.58 Å². The highest BCUT2D eigenvalue weighted by Crippen LogP contribution is 2.08. The summed E-state index contributed by atoms with van der Waals surface area (Å²) in [4.78, 5) is 0. The van der Waals surface area contributed by atoms with Crippen LogP contribution in [-0.4, -0.2) is 0 Å². The first-order valence-electron chi connectivity index (χ1n) is 4.16. The number of hydrogen-bond acceptors (Lipinski definition) is 0. The van der Waals surface area contributed by atoms with Crippen molar-refractivity contribution in [3.63, 3.8) is 0 Å². The van der Waals surface area contributed by atoms with Crippen molar-refractivity contribution in [3.05, 3.63) is 54.1 Å². The van der Waals surface area contributed by atoms with Crippen molar-refractivity contribution >= 4 is 6.08 Å². The lowest BCUT2D eigenvalue weighted by atomic mass is 10.1. The third-order valence-corrected chi connectivity index (χ3v) is 1.68. The van der Waals surface area contributed by atoms with Gasteiger partial charge in [0.05, 0.1) is 0 Å². The maximum Gasteiger partial charge on any atom is -0.0141 e. The molecule has 0 aliphatic rings. The van der Waals surface area contributed by atoms with Crippen LogP contribution in [0.2, 0.25) is 0 Å². The summed E-state index contributed by atoms with van der Waals surface area (Å²) in [6.07, 6.45) is 5.07. The lowest BCUT2D eigenvalue weighted by Crippen LogP contribution is -1.74. The molecule has 0 amide bonds. The molecule has 0 saturated heterocycles. The fraction of sp³-hybridized carbons (Fsp3) is 0.167. The smallest absolute Gasteiger partial charge is 0.0141 e. The monoisotopic (exact) mass is 158 g/mol. The van der Waals surface area contributed by atoms with Crippen molar-refractivity contribution in [1.82, 2.24) is 0 Å². The van der Waals surface area contributed by atoms with Gasteiger partial charge in [0.15, 0.2) is 0 Å². The highest BCUT2D eigenvalue weighted by atomic mass is 13.9. The fourth-order valence-corrected chi connectivity index (χ4v) is 1.12. The van der Waals surface area contributed by atoms with E-state index in [1.165, 1.54) is 11.1 Å². The second kappa shape index (κ2) is 4.55. The molecule has 1 rings (SSSR count). The molecule has 0 nitrogen and oxygen atoms in total. The Morgan fingerprint density at radius 2 is 2.00 bits per heavy atom. The van der Waals surface area contributed by atoms with Crippen LogP contribution in [0, 0.1) is 0 Å². The van der Waals surface area contributed by atoms with E-state index in [2.05, 4.69) is 31.7 Å². The number of hydrogen-bond donors (Lipinski definition) is 0. The average molecular weight is 158 g/mol. The molecule has 62 valence electrons. The topological polar surface area (TPSA) is 0 Å². The largest absolute Gasteiger partial charge is 0.103 e. The van der Waals surface area contributed by atoms with Crippen molar-refractivity contribution in [2.24, 2.45) is 0 Å². The molecule has 0 bridgehead atoms. The van der Waals surface area contributed by atoms with Gasteiger partial charge in [0, 0.05) is 0 Å². The van der Waals surface area contributed by atoms with Gasteiger partial charge in [-0.25, -0.2) is 0 Å². The molecule has 0 atom stereocenters. The zero-order valence-corrected chi connectivity index (χ0v) is 7.46. The Morgan fingerprint density at radius 1 is 1.33 bits per heavy atom. The molecule has 0 N–H and O–H groups in total. The molecule has 0 saturated carbocycles. The summed E-state index contributed by atoms with van der Waals surface area (Å²) in [5.74, 6) is 0. The van der Waals surface area contributed by atoms with E-state index in [4.69, 9.17) is 0 Å². The van der Waals surface area contributed by atoms with Crippen LogP contribution >= 0.6 is 0 Å². The summed E-state index contributed by atoms with van der Waals surface area (Å²) < 4.78 is 0. The predicted molar refractivity (Wildman–Crippen MR) is 54.9 cm³/mol. The number of allylic oxidation sites excluding steroid dienone is 2. The van der Waals surface area contributed by atoms with Crippen LogP contribution in [0.4, 0.5) is 0 Å². The lowest BCUT2D eigenvalue weighted by Gasteiger charge is -1.95. The van der Waals surface area contributed by atoms with Gasteiger partial charge in [0.2, 0.25) is 0 Å². The van der Waals surface area contributed by atoms with Crippen molar-refractivity contribution in [2.75, 3.05) is 0 Å². The zero-order valence-electron chi connectivity index (χ0n) is 7.46. The Labute approximate surface area is 74.2 Å². The van der Waals surface area contributed by atoms with E-state index in [9.17, 15) is 0 Å². The standard InChI is InChI=1S/C12H14/c1-3-7-11(2)10-12-8-5-4-6-9-12/h3-6,8-10H,1,7H2,2H3/b11-10-. The predicted octanol–water partition coefficient (Wildman–Crippen LogP) is 3.67. The maximum atomic E-state index is 3.70. The zero-order chi connectivity index (χ0) is 8.81. The molecule has 0 aliphatic heterocycles. The first kappa shape index (κ1) is 8.79. The highest BCUT2D eigenvalue weighted by Gasteiger charge is 1.86. The molecule has 0 spiro atoms. The van der Waals surface area contributed by atoms with Crippen LogP contribution in [0.5, 0.6) is 0 Å². The van der Waals surface area contributed by atoms with E-state index < -0.39 is 0 Å². The van der Waals surface area contributed by atoms with E-state index in [1.54, 1.807) is 0 Å². The molecule has 0 fully saturated rings. The van der Waals surface area contributed by atoms with Gasteiger partial charge < -0.3 is 0 Å². The third-order valence-electron chi connectivity index (χ3n) is 1.68. The second-order valence-corrected chi connectivity index (χ2v) is 2.89. The lowest BCUT2D eigenvalue weighted by molar-refractivity contribution is 1.24. The molecular weight excluding hydrogens is 144 g/mol. The first-order valence-corrected chi connectivity index (χ1v) is 4.16. The molecule has 12 heavy (non-hydrogen) atoms. The third kappa shape index (κ3) is 2.75. The van der Waals surface area contributed by atoms with Gasteiger partial charge in [0.1, 0.15) is 0 Å². The van der Waals surface area contributed by atoms with Gasteiger partial charge in [-0.05, 0) is 18.9 Å². The minimum Gasteiger partial charge on any atom is -0.103 e. The average Bonchev–Trinajstić information content (AvgIpc) is 2.06. The van der Waals surface area contributed by atoms with Crippen LogP contribution < -0.4 is 0 Å². The first-order chi connectivity index (χ1) is 5.83. The van der Waals surface area contributed by atoms with Gasteiger partial charge in [-0.3, -0.25) is 0 Å². The SMILES string of the molecule is C=CC/C(C)=C\c1ccccc1. The second-order valence-electron chi connectivity index (χ2n) is 2.89. The van der Waals surface area contributed by atoms with Gasteiger partial charge >= 0.3 is 0 Å². The molecule has 0 heterocycles. The maximum absolute atomic E-state index is 3.70. The van der Waals surface area contributed by atoms with Crippen LogP contribution in [0.15, 0.2) is 48.6 Å². The van der Waals surface area contributed by atoms with E-state index in [-0.39, 0.29) is 0 Å². The molecule has 0 aromatic heterocycles.